The zero-order valence-corrected chi connectivity index (χ0v) is 11.1. The van der Waals surface area contributed by atoms with Gasteiger partial charge in [0.25, 0.3) is 5.91 Å². The molecule has 0 unspecified atom stereocenters. The van der Waals surface area contributed by atoms with Crippen LogP contribution in [0.4, 0.5) is 11.4 Å². The average Bonchev–Trinajstić information content (AvgIpc) is 2.39. The van der Waals surface area contributed by atoms with Crippen molar-refractivity contribution in [3.8, 4) is 0 Å². The van der Waals surface area contributed by atoms with Gasteiger partial charge in [-0.05, 0) is 18.2 Å². The third kappa shape index (κ3) is 2.64. The van der Waals surface area contributed by atoms with Crippen LogP contribution in [0.5, 0.6) is 0 Å². The van der Waals surface area contributed by atoms with Crippen LogP contribution >= 0.6 is 0 Å². The number of carbonyl (C=O) groups is 1. The summed E-state index contributed by atoms with van der Waals surface area (Å²) in [5.41, 5.74) is 8.04. The highest BCUT2D eigenvalue weighted by Gasteiger charge is 2.18. The van der Waals surface area contributed by atoms with E-state index in [1.165, 1.54) is 0 Å². The molecule has 1 heterocycles. The molecule has 0 aromatic heterocycles. The highest BCUT2D eigenvalue weighted by atomic mass is 32.2. The highest BCUT2D eigenvalue weighted by Crippen LogP contribution is 2.25. The first-order valence-electron chi connectivity index (χ1n) is 5.83. The van der Waals surface area contributed by atoms with Gasteiger partial charge in [-0.1, -0.05) is 0 Å². The standard InChI is InChI=1S/C12H17N3O2S/c1-14-12(16)9-2-3-11(10(13)8-9)15-4-6-18(17)7-5-15/h2-3,8H,4-7,13H2,1H3,(H,14,16). The van der Waals surface area contributed by atoms with Gasteiger partial charge in [0, 0.05) is 48.0 Å². The molecule has 0 atom stereocenters. The lowest BCUT2D eigenvalue weighted by atomic mass is 10.1. The van der Waals surface area contributed by atoms with Gasteiger partial charge in [-0.25, -0.2) is 0 Å². The topological polar surface area (TPSA) is 75.4 Å². The summed E-state index contributed by atoms with van der Waals surface area (Å²) < 4.78 is 11.3. The lowest BCUT2D eigenvalue weighted by molar-refractivity contribution is 0.0963. The van der Waals surface area contributed by atoms with E-state index in [1.54, 1.807) is 19.2 Å². The second-order valence-electron chi connectivity index (χ2n) is 4.19. The van der Waals surface area contributed by atoms with Crippen molar-refractivity contribution in [2.75, 3.05) is 42.3 Å². The molecule has 6 heteroatoms. The van der Waals surface area contributed by atoms with Crippen molar-refractivity contribution in [1.29, 1.82) is 0 Å². The van der Waals surface area contributed by atoms with Crippen LogP contribution in [0.15, 0.2) is 18.2 Å². The third-order valence-corrected chi connectivity index (χ3v) is 4.31. The minimum atomic E-state index is -0.701. The molecule has 5 nitrogen and oxygen atoms in total. The van der Waals surface area contributed by atoms with Gasteiger partial charge in [-0.2, -0.15) is 0 Å². The van der Waals surface area contributed by atoms with Gasteiger partial charge in [-0.3, -0.25) is 9.00 Å². The van der Waals surface area contributed by atoms with Gasteiger partial charge >= 0.3 is 0 Å². The van der Waals surface area contributed by atoms with Crippen molar-refractivity contribution in [3.05, 3.63) is 23.8 Å². The zero-order valence-electron chi connectivity index (χ0n) is 10.3. The van der Waals surface area contributed by atoms with Crippen molar-refractivity contribution in [2.45, 2.75) is 0 Å². The summed E-state index contributed by atoms with van der Waals surface area (Å²) in [7, 11) is 0.889. The Morgan fingerprint density at radius 1 is 1.39 bits per heavy atom. The number of rotatable bonds is 2. The molecule has 0 spiro atoms. The van der Waals surface area contributed by atoms with E-state index in [4.69, 9.17) is 5.73 Å². The Balaban J connectivity index is 2.19. The number of nitrogens with one attached hydrogen (secondary N) is 1. The number of nitrogen functional groups attached to an aromatic ring is 1. The van der Waals surface area contributed by atoms with Crippen molar-refractivity contribution in [2.24, 2.45) is 0 Å². The Labute approximate surface area is 109 Å². The van der Waals surface area contributed by atoms with Crippen molar-refractivity contribution >= 4 is 28.1 Å². The number of amides is 1. The summed E-state index contributed by atoms with van der Waals surface area (Å²) in [4.78, 5) is 13.6. The van der Waals surface area contributed by atoms with E-state index in [0.717, 1.165) is 18.8 Å². The Kier molecular flexibility index (Phi) is 3.86. The molecule has 18 heavy (non-hydrogen) atoms. The van der Waals surface area contributed by atoms with Crippen LogP contribution in [0, 0.1) is 0 Å². The number of hydrogen-bond donors (Lipinski definition) is 2. The van der Waals surface area contributed by atoms with Gasteiger partial charge in [0.15, 0.2) is 0 Å². The van der Waals surface area contributed by atoms with Crippen molar-refractivity contribution < 1.29 is 9.00 Å². The van der Waals surface area contributed by atoms with Crippen LogP contribution in [-0.4, -0.2) is 41.8 Å². The van der Waals surface area contributed by atoms with E-state index in [-0.39, 0.29) is 5.91 Å². The number of nitrogens with zero attached hydrogens (tertiary/aromatic N) is 1. The number of benzene rings is 1. The molecule has 98 valence electrons. The lowest BCUT2D eigenvalue weighted by Gasteiger charge is -2.29. The molecule has 0 saturated carbocycles. The van der Waals surface area contributed by atoms with Crippen LogP contribution < -0.4 is 16.0 Å². The number of carbonyl (C=O) groups excluding carboxylic acids is 1. The van der Waals surface area contributed by atoms with E-state index in [0.29, 0.717) is 22.8 Å². The molecule has 3 N–H and O–H groups in total. The van der Waals surface area contributed by atoms with Gasteiger partial charge in [0.05, 0.1) is 11.4 Å². The SMILES string of the molecule is CNC(=O)c1ccc(N2CCS(=O)CC2)c(N)c1. The molecule has 0 bridgehead atoms. The summed E-state index contributed by atoms with van der Waals surface area (Å²) in [5.74, 6) is 1.21. The first kappa shape index (κ1) is 12.9. The molecule has 0 radical (unpaired) electrons. The monoisotopic (exact) mass is 267 g/mol. The van der Waals surface area contributed by atoms with Crippen LogP contribution in [-0.2, 0) is 10.8 Å². The van der Waals surface area contributed by atoms with E-state index >= 15 is 0 Å². The normalized spacial score (nSPS) is 16.6. The van der Waals surface area contributed by atoms with Crippen LogP contribution in [0.3, 0.4) is 0 Å². The third-order valence-electron chi connectivity index (χ3n) is 3.04. The summed E-state index contributed by atoms with van der Waals surface area (Å²) in [6.45, 7) is 1.49. The summed E-state index contributed by atoms with van der Waals surface area (Å²) in [5, 5.41) is 2.56. The molecule has 1 aromatic carbocycles. The Morgan fingerprint density at radius 2 is 2.06 bits per heavy atom. The maximum Gasteiger partial charge on any atom is 0.251 e. The Hall–Kier alpha value is -1.56. The smallest absolute Gasteiger partial charge is 0.251 e. The Morgan fingerprint density at radius 3 is 2.61 bits per heavy atom. The molecule has 1 amide bonds. The highest BCUT2D eigenvalue weighted by molar-refractivity contribution is 7.85. The maximum absolute atomic E-state index is 11.5. The summed E-state index contributed by atoms with van der Waals surface area (Å²) in [6, 6.07) is 5.30. The number of hydrogen-bond acceptors (Lipinski definition) is 4. The first-order valence-corrected chi connectivity index (χ1v) is 7.32. The molecule has 0 aliphatic carbocycles. The zero-order chi connectivity index (χ0) is 13.1. The molecule has 1 saturated heterocycles. The maximum atomic E-state index is 11.5. The molecule has 2 rings (SSSR count). The largest absolute Gasteiger partial charge is 0.397 e. The van der Waals surface area contributed by atoms with E-state index in [9.17, 15) is 9.00 Å². The molecule has 1 aromatic rings. The fraction of sp³-hybridized carbons (Fsp3) is 0.417. The second kappa shape index (κ2) is 5.39. The van der Waals surface area contributed by atoms with Crippen LogP contribution in [0.2, 0.25) is 0 Å². The fourth-order valence-electron chi connectivity index (χ4n) is 2.01. The molecular formula is C12H17N3O2S. The van der Waals surface area contributed by atoms with E-state index in [1.807, 2.05) is 6.07 Å². The van der Waals surface area contributed by atoms with Crippen molar-refractivity contribution in [3.63, 3.8) is 0 Å². The van der Waals surface area contributed by atoms with Crippen LogP contribution in [0.25, 0.3) is 0 Å². The van der Waals surface area contributed by atoms with Gasteiger partial charge < -0.3 is 16.0 Å². The minimum Gasteiger partial charge on any atom is -0.397 e. The Bertz CT molecular complexity index is 480. The van der Waals surface area contributed by atoms with Gasteiger partial charge in [0.2, 0.25) is 0 Å². The lowest BCUT2D eigenvalue weighted by Crippen LogP contribution is -2.38. The fourth-order valence-corrected chi connectivity index (χ4v) is 3.06. The summed E-state index contributed by atoms with van der Waals surface area (Å²) >= 11 is 0. The predicted molar refractivity (Wildman–Crippen MR) is 74.3 cm³/mol. The van der Waals surface area contributed by atoms with Crippen molar-refractivity contribution in [1.82, 2.24) is 5.32 Å². The van der Waals surface area contributed by atoms with Gasteiger partial charge in [0.1, 0.15) is 0 Å². The number of nitrogens with two attached hydrogens (primary N) is 1. The summed E-state index contributed by atoms with van der Waals surface area (Å²) in [6.07, 6.45) is 0. The second-order valence-corrected chi connectivity index (χ2v) is 5.88. The van der Waals surface area contributed by atoms with Gasteiger partial charge in [-0.15, -0.1) is 0 Å². The average molecular weight is 267 g/mol. The van der Waals surface area contributed by atoms with E-state index in [2.05, 4.69) is 10.2 Å². The van der Waals surface area contributed by atoms with E-state index < -0.39 is 10.8 Å². The molecule has 1 aliphatic rings. The number of anilines is 2. The predicted octanol–water partition coefficient (Wildman–Crippen LogP) is 0.197. The minimum absolute atomic E-state index is 0.145. The van der Waals surface area contributed by atoms with Crippen LogP contribution in [0.1, 0.15) is 10.4 Å². The molecule has 1 fully saturated rings. The molecular weight excluding hydrogens is 250 g/mol. The molecule has 1 aliphatic heterocycles. The first-order chi connectivity index (χ1) is 8.61. The quantitative estimate of drug-likeness (QED) is 0.750.